The normalized spacial score (nSPS) is 12.1. The van der Waals surface area contributed by atoms with Crippen LogP contribution in [0.3, 0.4) is 0 Å². The van der Waals surface area contributed by atoms with Gasteiger partial charge < -0.3 is 4.57 Å². The first-order valence-electron chi connectivity index (χ1n) is 4.21. The Morgan fingerprint density at radius 2 is 2.31 bits per heavy atom. The third-order valence-electron chi connectivity index (χ3n) is 1.94. The van der Waals surface area contributed by atoms with Crippen molar-refractivity contribution in [3.05, 3.63) is 34.2 Å². The van der Waals surface area contributed by atoms with E-state index in [1.54, 1.807) is 17.6 Å². The number of nitriles is 1. The Hall–Kier alpha value is -1.56. The summed E-state index contributed by atoms with van der Waals surface area (Å²) < 4.78 is 1.62. The van der Waals surface area contributed by atoms with E-state index in [1.165, 1.54) is 6.07 Å². The molecule has 68 valence electrons. The van der Waals surface area contributed by atoms with E-state index >= 15 is 0 Å². The third-order valence-corrected chi connectivity index (χ3v) is 1.94. The Kier molecular flexibility index (Phi) is 2.86. The molecule has 0 amide bonds. The Labute approximate surface area is 77.2 Å². The molecule has 0 fully saturated rings. The fourth-order valence-corrected chi connectivity index (χ4v) is 1.17. The first kappa shape index (κ1) is 9.53. The van der Waals surface area contributed by atoms with E-state index in [9.17, 15) is 4.79 Å². The largest absolute Gasteiger partial charge is 0.312 e. The van der Waals surface area contributed by atoms with E-state index in [-0.39, 0.29) is 11.5 Å². The van der Waals surface area contributed by atoms with Gasteiger partial charge in [-0.25, -0.2) is 0 Å². The summed E-state index contributed by atoms with van der Waals surface area (Å²) in [7, 11) is 0. The third kappa shape index (κ3) is 2.19. The van der Waals surface area contributed by atoms with E-state index in [2.05, 4.69) is 6.07 Å². The molecule has 1 heterocycles. The van der Waals surface area contributed by atoms with Crippen LogP contribution in [-0.4, -0.2) is 4.57 Å². The van der Waals surface area contributed by atoms with Gasteiger partial charge in [-0.2, -0.15) is 5.26 Å². The van der Waals surface area contributed by atoms with E-state index in [1.807, 2.05) is 13.0 Å². The summed E-state index contributed by atoms with van der Waals surface area (Å²) in [6, 6.07) is 7.21. The van der Waals surface area contributed by atoms with Gasteiger partial charge in [0.2, 0.25) is 0 Å². The molecule has 0 spiro atoms. The zero-order valence-corrected chi connectivity index (χ0v) is 7.82. The fourth-order valence-electron chi connectivity index (χ4n) is 1.17. The summed E-state index contributed by atoms with van der Waals surface area (Å²) in [5.41, 5.74) is 0.858. The van der Waals surface area contributed by atoms with Crippen molar-refractivity contribution in [3.8, 4) is 6.07 Å². The molecule has 0 aliphatic rings. The number of aromatic nitrogens is 1. The minimum absolute atomic E-state index is 0.0397. The minimum Gasteiger partial charge on any atom is -0.312 e. The second-order valence-electron chi connectivity index (χ2n) is 3.15. The molecule has 3 heteroatoms. The van der Waals surface area contributed by atoms with E-state index in [0.29, 0.717) is 6.54 Å². The van der Waals surface area contributed by atoms with Gasteiger partial charge in [0.15, 0.2) is 0 Å². The highest BCUT2D eigenvalue weighted by atomic mass is 16.1. The number of nitrogens with zero attached hydrogens (tertiary/aromatic N) is 2. The summed E-state index contributed by atoms with van der Waals surface area (Å²) >= 11 is 0. The summed E-state index contributed by atoms with van der Waals surface area (Å²) in [6.07, 6.45) is 0. The SMILES string of the molecule is Cc1cccc(=O)n1CC(C)C#N. The predicted molar refractivity (Wildman–Crippen MR) is 50.2 cm³/mol. The molecule has 0 aliphatic heterocycles. The number of hydrogen-bond acceptors (Lipinski definition) is 2. The van der Waals surface area contributed by atoms with E-state index in [0.717, 1.165) is 5.69 Å². The number of hydrogen-bond donors (Lipinski definition) is 0. The average Bonchev–Trinajstić information content (AvgIpc) is 2.11. The highest BCUT2D eigenvalue weighted by molar-refractivity contribution is 5.05. The lowest BCUT2D eigenvalue weighted by Gasteiger charge is -2.09. The van der Waals surface area contributed by atoms with Crippen LogP contribution in [0.2, 0.25) is 0 Å². The zero-order valence-electron chi connectivity index (χ0n) is 7.82. The van der Waals surface area contributed by atoms with Gasteiger partial charge in [0, 0.05) is 18.3 Å². The van der Waals surface area contributed by atoms with Crippen molar-refractivity contribution in [2.45, 2.75) is 20.4 Å². The topological polar surface area (TPSA) is 45.8 Å². The maximum atomic E-state index is 11.3. The lowest BCUT2D eigenvalue weighted by Crippen LogP contribution is -2.23. The molecular formula is C10H12N2O. The van der Waals surface area contributed by atoms with Gasteiger partial charge in [-0.15, -0.1) is 0 Å². The van der Waals surface area contributed by atoms with Crippen LogP contribution in [0.15, 0.2) is 23.0 Å². The van der Waals surface area contributed by atoms with Crippen LogP contribution < -0.4 is 5.56 Å². The first-order chi connectivity index (χ1) is 6.15. The number of pyridine rings is 1. The lowest BCUT2D eigenvalue weighted by molar-refractivity contribution is 0.552. The first-order valence-corrected chi connectivity index (χ1v) is 4.21. The Balaban J connectivity index is 3.02. The van der Waals surface area contributed by atoms with Crippen molar-refractivity contribution >= 4 is 0 Å². The summed E-state index contributed by atoms with van der Waals surface area (Å²) in [6.45, 7) is 4.15. The fraction of sp³-hybridized carbons (Fsp3) is 0.400. The van der Waals surface area contributed by atoms with Crippen LogP contribution in [0.4, 0.5) is 0 Å². The summed E-state index contributed by atoms with van der Waals surface area (Å²) in [5.74, 6) is -0.126. The van der Waals surface area contributed by atoms with Crippen molar-refractivity contribution in [1.29, 1.82) is 5.26 Å². The zero-order chi connectivity index (χ0) is 9.84. The smallest absolute Gasteiger partial charge is 0.250 e. The second-order valence-corrected chi connectivity index (χ2v) is 3.15. The molecule has 3 nitrogen and oxygen atoms in total. The molecule has 0 saturated heterocycles. The Morgan fingerprint density at radius 1 is 1.62 bits per heavy atom. The standard InChI is InChI=1S/C10H12N2O/c1-8(6-11)7-12-9(2)4-3-5-10(12)13/h3-5,8H,7H2,1-2H3. The molecule has 0 bridgehead atoms. The maximum absolute atomic E-state index is 11.3. The molecule has 1 atom stereocenters. The van der Waals surface area contributed by atoms with Crippen molar-refractivity contribution < 1.29 is 0 Å². The van der Waals surface area contributed by atoms with Crippen LogP contribution in [0.1, 0.15) is 12.6 Å². The number of rotatable bonds is 2. The van der Waals surface area contributed by atoms with Gasteiger partial charge in [0.25, 0.3) is 5.56 Å². The minimum atomic E-state index is -0.126. The van der Waals surface area contributed by atoms with Gasteiger partial charge in [-0.1, -0.05) is 6.07 Å². The van der Waals surface area contributed by atoms with Gasteiger partial charge in [0.1, 0.15) is 0 Å². The van der Waals surface area contributed by atoms with Gasteiger partial charge in [-0.3, -0.25) is 4.79 Å². The van der Waals surface area contributed by atoms with Crippen molar-refractivity contribution in [3.63, 3.8) is 0 Å². The number of aryl methyl sites for hydroxylation is 1. The van der Waals surface area contributed by atoms with Crippen LogP contribution >= 0.6 is 0 Å². The highest BCUT2D eigenvalue weighted by Crippen LogP contribution is 1.99. The van der Waals surface area contributed by atoms with E-state index in [4.69, 9.17) is 5.26 Å². The molecule has 0 radical (unpaired) electrons. The second kappa shape index (κ2) is 3.90. The highest BCUT2D eigenvalue weighted by Gasteiger charge is 2.04. The summed E-state index contributed by atoms with van der Waals surface area (Å²) in [4.78, 5) is 11.3. The van der Waals surface area contributed by atoms with Crippen molar-refractivity contribution in [1.82, 2.24) is 4.57 Å². The van der Waals surface area contributed by atoms with Crippen LogP contribution in [-0.2, 0) is 6.54 Å². The van der Waals surface area contributed by atoms with Crippen LogP contribution in [0.25, 0.3) is 0 Å². The average molecular weight is 176 g/mol. The Morgan fingerprint density at radius 3 is 2.85 bits per heavy atom. The van der Waals surface area contributed by atoms with E-state index < -0.39 is 0 Å². The van der Waals surface area contributed by atoms with Crippen LogP contribution in [0.5, 0.6) is 0 Å². The molecule has 0 aliphatic carbocycles. The maximum Gasteiger partial charge on any atom is 0.250 e. The predicted octanol–water partition coefficient (Wildman–Crippen LogP) is 1.32. The van der Waals surface area contributed by atoms with Crippen molar-refractivity contribution in [2.24, 2.45) is 5.92 Å². The molecule has 1 aromatic heterocycles. The molecule has 13 heavy (non-hydrogen) atoms. The van der Waals surface area contributed by atoms with Gasteiger partial charge in [-0.05, 0) is 19.9 Å². The molecule has 0 aromatic carbocycles. The van der Waals surface area contributed by atoms with Crippen LogP contribution in [0, 0.1) is 24.2 Å². The quantitative estimate of drug-likeness (QED) is 0.682. The van der Waals surface area contributed by atoms with Gasteiger partial charge in [0.05, 0.1) is 12.0 Å². The molecule has 1 aromatic rings. The molecular weight excluding hydrogens is 164 g/mol. The summed E-state index contributed by atoms with van der Waals surface area (Å²) in [5, 5.41) is 8.61. The Bertz CT molecular complexity index is 387. The molecule has 0 saturated carbocycles. The van der Waals surface area contributed by atoms with Crippen molar-refractivity contribution in [2.75, 3.05) is 0 Å². The molecule has 1 rings (SSSR count). The molecule has 1 unspecified atom stereocenters. The molecule has 0 N–H and O–H groups in total. The lowest BCUT2D eigenvalue weighted by atomic mass is 10.2. The monoisotopic (exact) mass is 176 g/mol. The van der Waals surface area contributed by atoms with Gasteiger partial charge >= 0.3 is 0 Å².